The molecule has 0 aromatic heterocycles. The van der Waals surface area contributed by atoms with Gasteiger partial charge in [-0.15, -0.1) is 0 Å². The molecule has 2 rings (SSSR count). The Morgan fingerprint density at radius 2 is 1.26 bits per heavy atom. The largest absolute Gasteiger partial charge is 0.0623 e. The van der Waals surface area contributed by atoms with Gasteiger partial charge in [0.25, 0.3) is 0 Å². The molecule has 0 N–H and O–H groups in total. The molecule has 0 aliphatic carbocycles. The molecule has 2 aromatic carbocycles. The maximum absolute atomic E-state index is 2.25. The van der Waals surface area contributed by atoms with E-state index in [2.05, 4.69) is 75.4 Å². The Hall–Kier alpha value is -1.82. The smallest absolute Gasteiger partial charge is 0.0120 e. The summed E-state index contributed by atoms with van der Waals surface area (Å²) in [6.45, 7) is 6.63. The number of benzene rings is 2. The summed E-state index contributed by atoms with van der Waals surface area (Å²) in [6.07, 6.45) is 2.21. The minimum Gasteiger partial charge on any atom is -0.0623 e. The van der Waals surface area contributed by atoms with E-state index in [0.29, 0.717) is 0 Å². The molecule has 0 heterocycles. The van der Waals surface area contributed by atoms with Crippen LogP contribution < -0.4 is 0 Å². The standard InChI is InChI=1S/C19H22/c1-4-16(5-2)19(17-9-7-6-8-10-17)18-13-11-15(3)12-14-18/h6-14H,4-5H2,1-3H3. The van der Waals surface area contributed by atoms with Crippen molar-refractivity contribution in [3.63, 3.8) is 0 Å². The van der Waals surface area contributed by atoms with Crippen LogP contribution in [0.2, 0.25) is 0 Å². The molecule has 0 aliphatic rings. The molecule has 0 fully saturated rings. The van der Waals surface area contributed by atoms with Crippen molar-refractivity contribution in [1.29, 1.82) is 0 Å². The molecule has 0 atom stereocenters. The first-order valence-corrected chi connectivity index (χ1v) is 7.10. The van der Waals surface area contributed by atoms with Gasteiger partial charge < -0.3 is 0 Å². The van der Waals surface area contributed by atoms with Gasteiger partial charge in [-0.05, 0) is 36.5 Å². The van der Waals surface area contributed by atoms with E-state index in [1.807, 2.05) is 0 Å². The second kappa shape index (κ2) is 6.38. The highest BCUT2D eigenvalue weighted by Gasteiger charge is 2.09. The highest BCUT2D eigenvalue weighted by Crippen LogP contribution is 2.30. The van der Waals surface area contributed by atoms with Crippen molar-refractivity contribution in [2.75, 3.05) is 0 Å². The molecular formula is C19H22. The summed E-state index contributed by atoms with van der Waals surface area (Å²) in [5.74, 6) is 0. The van der Waals surface area contributed by atoms with Gasteiger partial charge in [-0.25, -0.2) is 0 Å². The predicted molar refractivity (Wildman–Crippen MR) is 84.2 cm³/mol. The molecule has 0 amide bonds. The normalized spacial score (nSPS) is 10.3. The van der Waals surface area contributed by atoms with Crippen molar-refractivity contribution in [1.82, 2.24) is 0 Å². The van der Waals surface area contributed by atoms with Crippen LogP contribution in [0.15, 0.2) is 60.2 Å². The van der Waals surface area contributed by atoms with Crippen LogP contribution in [0.4, 0.5) is 0 Å². The van der Waals surface area contributed by atoms with Crippen molar-refractivity contribution in [3.05, 3.63) is 76.9 Å². The van der Waals surface area contributed by atoms with Gasteiger partial charge in [-0.1, -0.05) is 79.6 Å². The lowest BCUT2D eigenvalue weighted by molar-refractivity contribution is 0.981. The molecule has 0 unspecified atom stereocenters. The summed E-state index contributed by atoms with van der Waals surface area (Å²) in [5.41, 5.74) is 6.90. The van der Waals surface area contributed by atoms with Crippen molar-refractivity contribution < 1.29 is 0 Å². The zero-order valence-corrected chi connectivity index (χ0v) is 12.1. The molecule has 19 heavy (non-hydrogen) atoms. The Balaban J connectivity index is 2.59. The van der Waals surface area contributed by atoms with E-state index in [-0.39, 0.29) is 0 Å². The molecule has 0 nitrogen and oxygen atoms in total. The number of hydrogen-bond acceptors (Lipinski definition) is 0. The lowest BCUT2D eigenvalue weighted by Gasteiger charge is -2.14. The van der Waals surface area contributed by atoms with E-state index < -0.39 is 0 Å². The van der Waals surface area contributed by atoms with Crippen molar-refractivity contribution in [2.24, 2.45) is 0 Å². The molecule has 2 aromatic rings. The third-order valence-electron chi connectivity index (χ3n) is 3.61. The van der Waals surface area contributed by atoms with E-state index in [0.717, 1.165) is 12.8 Å². The minimum atomic E-state index is 1.11. The first-order valence-electron chi connectivity index (χ1n) is 7.10. The van der Waals surface area contributed by atoms with E-state index in [9.17, 15) is 0 Å². The molecule has 0 aliphatic heterocycles. The first-order chi connectivity index (χ1) is 9.26. The first kappa shape index (κ1) is 13.6. The summed E-state index contributed by atoms with van der Waals surface area (Å²) in [7, 11) is 0. The van der Waals surface area contributed by atoms with Gasteiger partial charge in [-0.2, -0.15) is 0 Å². The molecule has 0 bridgehead atoms. The summed E-state index contributed by atoms with van der Waals surface area (Å²) in [5, 5.41) is 0. The summed E-state index contributed by atoms with van der Waals surface area (Å²) >= 11 is 0. The second-order valence-electron chi connectivity index (χ2n) is 4.92. The zero-order chi connectivity index (χ0) is 13.7. The van der Waals surface area contributed by atoms with Crippen LogP contribution in [0.5, 0.6) is 0 Å². The van der Waals surface area contributed by atoms with Crippen LogP contribution in [-0.4, -0.2) is 0 Å². The van der Waals surface area contributed by atoms with Crippen molar-refractivity contribution >= 4 is 5.57 Å². The maximum Gasteiger partial charge on any atom is -0.0120 e. The number of allylic oxidation sites excluding steroid dienone is 1. The Labute approximate surface area is 116 Å². The number of hydrogen-bond donors (Lipinski definition) is 0. The molecule has 98 valence electrons. The van der Waals surface area contributed by atoms with E-state index in [1.54, 1.807) is 0 Å². The molecule has 0 heteroatoms. The minimum absolute atomic E-state index is 1.11. The van der Waals surface area contributed by atoms with Crippen LogP contribution in [-0.2, 0) is 0 Å². The highest BCUT2D eigenvalue weighted by atomic mass is 14.1. The third kappa shape index (κ3) is 3.14. The summed E-state index contributed by atoms with van der Waals surface area (Å²) in [4.78, 5) is 0. The topological polar surface area (TPSA) is 0 Å². The molecule has 0 radical (unpaired) electrons. The Kier molecular flexibility index (Phi) is 4.57. The van der Waals surface area contributed by atoms with Gasteiger partial charge in [0.1, 0.15) is 0 Å². The van der Waals surface area contributed by atoms with Gasteiger partial charge in [0, 0.05) is 0 Å². The zero-order valence-electron chi connectivity index (χ0n) is 12.1. The van der Waals surface area contributed by atoms with Crippen molar-refractivity contribution in [3.8, 4) is 0 Å². The van der Waals surface area contributed by atoms with Crippen LogP contribution in [0.3, 0.4) is 0 Å². The quantitative estimate of drug-likeness (QED) is 0.661. The molecule has 0 saturated carbocycles. The van der Waals surface area contributed by atoms with Gasteiger partial charge in [-0.3, -0.25) is 0 Å². The Bertz CT molecular complexity index is 538. The van der Waals surface area contributed by atoms with Gasteiger partial charge in [0.15, 0.2) is 0 Å². The summed E-state index contributed by atoms with van der Waals surface area (Å²) in [6, 6.07) is 19.6. The van der Waals surface area contributed by atoms with Crippen LogP contribution >= 0.6 is 0 Å². The number of aryl methyl sites for hydroxylation is 1. The predicted octanol–water partition coefficient (Wildman–Crippen LogP) is 5.62. The average molecular weight is 250 g/mol. The Morgan fingerprint density at radius 3 is 1.79 bits per heavy atom. The fourth-order valence-corrected chi connectivity index (χ4v) is 2.50. The van der Waals surface area contributed by atoms with Crippen LogP contribution in [0.1, 0.15) is 43.4 Å². The fraction of sp³-hybridized carbons (Fsp3) is 0.263. The average Bonchev–Trinajstić information content (AvgIpc) is 2.47. The maximum atomic E-state index is 2.25. The fourth-order valence-electron chi connectivity index (χ4n) is 2.50. The number of rotatable bonds is 4. The highest BCUT2D eigenvalue weighted by molar-refractivity contribution is 5.82. The van der Waals surface area contributed by atoms with E-state index in [4.69, 9.17) is 0 Å². The van der Waals surface area contributed by atoms with Crippen LogP contribution in [0.25, 0.3) is 5.57 Å². The Morgan fingerprint density at radius 1 is 0.737 bits per heavy atom. The lowest BCUT2D eigenvalue weighted by Crippen LogP contribution is -1.94. The summed E-state index contributed by atoms with van der Waals surface area (Å²) < 4.78 is 0. The molecule has 0 saturated heterocycles. The van der Waals surface area contributed by atoms with Gasteiger partial charge in [0.05, 0.1) is 0 Å². The van der Waals surface area contributed by atoms with Gasteiger partial charge in [0.2, 0.25) is 0 Å². The third-order valence-corrected chi connectivity index (χ3v) is 3.61. The van der Waals surface area contributed by atoms with Crippen LogP contribution in [0, 0.1) is 6.92 Å². The lowest BCUT2D eigenvalue weighted by atomic mass is 9.90. The molecule has 0 spiro atoms. The van der Waals surface area contributed by atoms with Crippen molar-refractivity contribution in [2.45, 2.75) is 33.6 Å². The van der Waals surface area contributed by atoms with E-state index in [1.165, 1.54) is 27.8 Å². The van der Waals surface area contributed by atoms with Gasteiger partial charge >= 0.3 is 0 Å². The second-order valence-corrected chi connectivity index (χ2v) is 4.92. The van der Waals surface area contributed by atoms with E-state index >= 15 is 0 Å². The monoisotopic (exact) mass is 250 g/mol. The molecular weight excluding hydrogens is 228 g/mol. The SMILES string of the molecule is CCC(CC)=C(c1ccccc1)c1ccc(C)cc1.